The summed E-state index contributed by atoms with van der Waals surface area (Å²) in [6, 6.07) is 5.94. The fraction of sp³-hybridized carbons (Fsp3) is 0.154. The Morgan fingerprint density at radius 3 is 2.48 bits per heavy atom. The maximum Gasteiger partial charge on any atom is 0.311 e. The largest absolute Gasteiger partial charge is 0.378 e. The SMILES string of the molecule is Nc1nc(NCCc2cc(F)cc(F)c2)ccc1[N+](=O)[O-]. The summed E-state index contributed by atoms with van der Waals surface area (Å²) in [7, 11) is 0. The monoisotopic (exact) mass is 294 g/mol. The molecule has 2 rings (SSSR count). The van der Waals surface area contributed by atoms with Gasteiger partial charge in [0.15, 0.2) is 0 Å². The number of aromatic nitrogens is 1. The molecule has 0 fully saturated rings. The molecule has 0 radical (unpaired) electrons. The zero-order chi connectivity index (χ0) is 15.4. The average Bonchev–Trinajstić information content (AvgIpc) is 2.37. The number of nitrogen functional groups attached to an aromatic ring is 1. The third kappa shape index (κ3) is 3.85. The van der Waals surface area contributed by atoms with E-state index in [4.69, 9.17) is 5.73 Å². The van der Waals surface area contributed by atoms with Crippen LogP contribution in [0.1, 0.15) is 5.56 Å². The van der Waals surface area contributed by atoms with Crippen molar-refractivity contribution >= 4 is 17.3 Å². The highest BCUT2D eigenvalue weighted by atomic mass is 19.1. The highest BCUT2D eigenvalue weighted by molar-refractivity contribution is 5.57. The third-order valence-corrected chi connectivity index (χ3v) is 2.74. The molecule has 0 aliphatic rings. The van der Waals surface area contributed by atoms with Gasteiger partial charge in [-0.3, -0.25) is 10.1 Å². The molecule has 3 N–H and O–H groups in total. The van der Waals surface area contributed by atoms with Crippen molar-refractivity contribution in [2.24, 2.45) is 0 Å². The van der Waals surface area contributed by atoms with Crippen molar-refractivity contribution in [1.82, 2.24) is 4.98 Å². The maximum atomic E-state index is 13.0. The molecule has 0 atom stereocenters. The van der Waals surface area contributed by atoms with E-state index in [0.29, 0.717) is 24.3 Å². The lowest BCUT2D eigenvalue weighted by Gasteiger charge is -2.07. The Kier molecular flexibility index (Phi) is 4.27. The molecule has 0 saturated carbocycles. The normalized spacial score (nSPS) is 10.4. The zero-order valence-corrected chi connectivity index (χ0v) is 10.8. The summed E-state index contributed by atoms with van der Waals surface area (Å²) in [5.41, 5.74) is 5.68. The Morgan fingerprint density at radius 2 is 1.90 bits per heavy atom. The van der Waals surface area contributed by atoms with Gasteiger partial charge in [0.2, 0.25) is 5.82 Å². The van der Waals surface area contributed by atoms with Crippen LogP contribution in [-0.4, -0.2) is 16.5 Å². The molecule has 0 aliphatic carbocycles. The van der Waals surface area contributed by atoms with Gasteiger partial charge in [0.25, 0.3) is 0 Å². The molecule has 110 valence electrons. The van der Waals surface area contributed by atoms with Crippen molar-refractivity contribution in [2.75, 3.05) is 17.6 Å². The smallest absolute Gasteiger partial charge is 0.311 e. The molecule has 1 heterocycles. The van der Waals surface area contributed by atoms with Crippen molar-refractivity contribution in [2.45, 2.75) is 6.42 Å². The molecule has 0 aliphatic heterocycles. The van der Waals surface area contributed by atoms with Crippen LogP contribution in [0.5, 0.6) is 0 Å². The molecular formula is C13H12F2N4O2. The lowest BCUT2D eigenvalue weighted by atomic mass is 10.1. The second-order valence-electron chi connectivity index (χ2n) is 4.31. The summed E-state index contributed by atoms with van der Waals surface area (Å²) in [4.78, 5) is 13.8. The first-order chi connectivity index (χ1) is 9.95. The molecule has 2 aromatic rings. The van der Waals surface area contributed by atoms with Crippen molar-refractivity contribution < 1.29 is 13.7 Å². The third-order valence-electron chi connectivity index (χ3n) is 2.74. The first kappa shape index (κ1) is 14.6. The number of halogens is 2. The van der Waals surface area contributed by atoms with Crippen LogP contribution >= 0.6 is 0 Å². The lowest BCUT2D eigenvalue weighted by Crippen LogP contribution is -2.08. The standard InChI is InChI=1S/C13H12F2N4O2/c14-9-5-8(6-10(15)7-9)3-4-17-12-2-1-11(19(20)21)13(16)18-12/h1-2,5-7H,3-4H2,(H3,16,17,18). The molecule has 0 spiro atoms. The number of nitrogens with one attached hydrogen (secondary N) is 1. The van der Waals surface area contributed by atoms with Gasteiger partial charge >= 0.3 is 5.69 Å². The number of pyridine rings is 1. The molecule has 0 unspecified atom stereocenters. The van der Waals surface area contributed by atoms with Crippen molar-refractivity contribution in [3.63, 3.8) is 0 Å². The summed E-state index contributed by atoms with van der Waals surface area (Å²) >= 11 is 0. The van der Waals surface area contributed by atoms with Gasteiger partial charge in [0.05, 0.1) is 4.92 Å². The van der Waals surface area contributed by atoms with Gasteiger partial charge in [-0.25, -0.2) is 13.8 Å². The van der Waals surface area contributed by atoms with E-state index in [1.165, 1.54) is 24.3 Å². The van der Waals surface area contributed by atoms with Gasteiger partial charge in [-0.2, -0.15) is 0 Å². The van der Waals surface area contributed by atoms with Crippen LogP contribution in [0.3, 0.4) is 0 Å². The Labute approximate surface area is 118 Å². The average molecular weight is 294 g/mol. The molecule has 0 saturated heterocycles. The van der Waals surface area contributed by atoms with Crippen LogP contribution in [-0.2, 0) is 6.42 Å². The molecule has 1 aromatic heterocycles. The predicted octanol–water partition coefficient (Wildman–Crippen LogP) is 2.50. The van der Waals surface area contributed by atoms with E-state index in [9.17, 15) is 18.9 Å². The number of nitro groups is 1. The molecule has 8 heteroatoms. The van der Waals surface area contributed by atoms with E-state index in [-0.39, 0.29) is 11.5 Å². The second kappa shape index (κ2) is 6.12. The number of nitrogens with two attached hydrogens (primary N) is 1. The van der Waals surface area contributed by atoms with E-state index in [2.05, 4.69) is 10.3 Å². The van der Waals surface area contributed by atoms with E-state index in [1.54, 1.807) is 0 Å². The Balaban J connectivity index is 1.97. The molecule has 21 heavy (non-hydrogen) atoms. The fourth-order valence-corrected chi connectivity index (χ4v) is 1.81. The van der Waals surface area contributed by atoms with Crippen molar-refractivity contribution in [3.8, 4) is 0 Å². The molecule has 6 nitrogen and oxygen atoms in total. The second-order valence-corrected chi connectivity index (χ2v) is 4.31. The Morgan fingerprint density at radius 1 is 1.24 bits per heavy atom. The number of nitrogens with zero attached hydrogens (tertiary/aromatic N) is 2. The summed E-state index contributed by atoms with van der Waals surface area (Å²) in [6.45, 7) is 0.354. The number of anilines is 2. The number of rotatable bonds is 5. The fourth-order valence-electron chi connectivity index (χ4n) is 1.81. The molecular weight excluding hydrogens is 282 g/mol. The quantitative estimate of drug-likeness (QED) is 0.652. The first-order valence-corrected chi connectivity index (χ1v) is 6.05. The van der Waals surface area contributed by atoms with E-state index < -0.39 is 16.6 Å². The Bertz CT molecular complexity index is 659. The first-order valence-electron chi connectivity index (χ1n) is 6.05. The van der Waals surface area contributed by atoms with E-state index in [1.807, 2.05) is 0 Å². The van der Waals surface area contributed by atoms with Crippen LogP contribution < -0.4 is 11.1 Å². The van der Waals surface area contributed by atoms with E-state index >= 15 is 0 Å². The van der Waals surface area contributed by atoms with Crippen molar-refractivity contribution in [1.29, 1.82) is 0 Å². The van der Waals surface area contributed by atoms with Crippen LogP contribution in [0.4, 0.5) is 26.1 Å². The van der Waals surface area contributed by atoms with Gasteiger partial charge in [0, 0.05) is 18.7 Å². The highest BCUT2D eigenvalue weighted by Crippen LogP contribution is 2.20. The molecule has 1 aromatic carbocycles. The van der Waals surface area contributed by atoms with Gasteiger partial charge in [-0.15, -0.1) is 0 Å². The van der Waals surface area contributed by atoms with Crippen LogP contribution in [0.15, 0.2) is 30.3 Å². The Hall–Kier alpha value is -2.77. The van der Waals surface area contributed by atoms with Crippen LogP contribution in [0.25, 0.3) is 0 Å². The maximum absolute atomic E-state index is 13.0. The number of benzene rings is 1. The summed E-state index contributed by atoms with van der Waals surface area (Å²) < 4.78 is 26.0. The number of hydrogen-bond donors (Lipinski definition) is 2. The molecule has 0 bridgehead atoms. The van der Waals surface area contributed by atoms with Gasteiger partial charge in [-0.1, -0.05) is 0 Å². The van der Waals surface area contributed by atoms with Crippen LogP contribution in [0, 0.1) is 21.7 Å². The minimum Gasteiger partial charge on any atom is -0.378 e. The summed E-state index contributed by atoms with van der Waals surface area (Å²) in [6.07, 6.45) is 0.368. The molecule has 0 amide bonds. The van der Waals surface area contributed by atoms with Gasteiger partial charge in [-0.05, 0) is 30.2 Å². The minimum absolute atomic E-state index is 0.193. The predicted molar refractivity (Wildman–Crippen MR) is 73.9 cm³/mol. The summed E-state index contributed by atoms with van der Waals surface area (Å²) in [5, 5.41) is 13.5. The number of hydrogen-bond acceptors (Lipinski definition) is 5. The zero-order valence-electron chi connectivity index (χ0n) is 10.8. The van der Waals surface area contributed by atoms with Crippen LogP contribution in [0.2, 0.25) is 0 Å². The lowest BCUT2D eigenvalue weighted by molar-refractivity contribution is -0.384. The highest BCUT2D eigenvalue weighted by Gasteiger charge is 2.12. The van der Waals surface area contributed by atoms with Gasteiger partial charge in [0.1, 0.15) is 17.5 Å². The van der Waals surface area contributed by atoms with Gasteiger partial charge < -0.3 is 11.1 Å². The summed E-state index contributed by atoms with van der Waals surface area (Å²) in [5.74, 6) is -1.11. The van der Waals surface area contributed by atoms with Crippen molar-refractivity contribution in [3.05, 3.63) is 57.6 Å². The topological polar surface area (TPSA) is 94.1 Å². The van der Waals surface area contributed by atoms with E-state index in [0.717, 1.165) is 6.07 Å². The minimum atomic E-state index is -0.636.